The number of ether oxygens (including phenoxy) is 1. The van der Waals surface area contributed by atoms with Crippen LogP contribution in [0.1, 0.15) is 39.3 Å². The third kappa shape index (κ3) is 14.5. The number of benzene rings is 1. The highest BCUT2D eigenvalue weighted by molar-refractivity contribution is 7.80. The molecule has 0 radical (unpaired) electrons. The lowest BCUT2D eigenvalue weighted by Gasteiger charge is -2.32. The molecule has 0 saturated carbocycles. The third-order valence-electron chi connectivity index (χ3n) is 2.58. The van der Waals surface area contributed by atoms with Crippen molar-refractivity contribution in [2.24, 2.45) is 11.1 Å². The molecule has 1 aromatic carbocycles. The molecular weight excluding hydrogens is 380 g/mol. The molecule has 0 aromatic heterocycles. The number of rotatable bonds is 3. The van der Waals surface area contributed by atoms with Crippen LogP contribution in [-0.4, -0.2) is 27.7 Å². The second-order valence-corrected chi connectivity index (χ2v) is 7.46. The summed E-state index contributed by atoms with van der Waals surface area (Å²) in [5, 5.41) is 19.7. The Labute approximate surface area is 165 Å². The van der Waals surface area contributed by atoms with E-state index in [9.17, 15) is 5.11 Å². The van der Waals surface area contributed by atoms with E-state index in [4.69, 9.17) is 33.7 Å². The van der Waals surface area contributed by atoms with Crippen LogP contribution in [0.15, 0.2) is 35.9 Å². The van der Waals surface area contributed by atoms with Gasteiger partial charge in [-0.1, -0.05) is 57.2 Å². The summed E-state index contributed by atoms with van der Waals surface area (Å²) in [4.78, 5) is 0. The Morgan fingerprint density at radius 1 is 1.28 bits per heavy atom. The summed E-state index contributed by atoms with van der Waals surface area (Å²) in [6, 6.07) is 7.63. The largest absolute Gasteiger partial charge is 0.496 e. The molecule has 0 aliphatic carbocycles. The number of halogens is 1. The fourth-order valence-electron chi connectivity index (χ4n) is 1.79. The van der Waals surface area contributed by atoms with Crippen LogP contribution in [0, 0.1) is 5.41 Å². The summed E-state index contributed by atoms with van der Waals surface area (Å²) >= 11 is 13.7. The van der Waals surface area contributed by atoms with Gasteiger partial charge in [0.05, 0.1) is 13.2 Å². The Balaban J connectivity index is 0. The summed E-state index contributed by atoms with van der Waals surface area (Å²) in [6.45, 7) is 11.3. The highest BCUT2D eigenvalue weighted by Crippen LogP contribution is 2.37. The van der Waals surface area contributed by atoms with Gasteiger partial charge < -0.3 is 26.0 Å². The van der Waals surface area contributed by atoms with Gasteiger partial charge in [-0.05, 0) is 42.8 Å². The summed E-state index contributed by atoms with van der Waals surface area (Å²) < 4.78 is 5.34. The fraction of sp³-hybridized carbons (Fsp3) is 0.412. The normalized spacial score (nSPS) is 10.8. The lowest BCUT2D eigenvalue weighted by molar-refractivity contribution is 0.282. The second-order valence-electron chi connectivity index (χ2n) is 6.00. The van der Waals surface area contributed by atoms with E-state index in [1.807, 2.05) is 24.3 Å². The van der Waals surface area contributed by atoms with Gasteiger partial charge in [0.2, 0.25) is 0 Å². The molecule has 1 rings (SSSR count). The van der Waals surface area contributed by atoms with Crippen LogP contribution in [0.3, 0.4) is 0 Å². The molecule has 1 unspecified atom stereocenters. The SMILES string of the molecule is C=C(C)Cl.COc1ccccc1C(NC(O)=S)C(C)(C)C.NC(O)=S. The topological polar surface area (TPSA) is 87.7 Å². The smallest absolute Gasteiger partial charge is 0.254 e. The van der Waals surface area contributed by atoms with Crippen LogP contribution in [0.4, 0.5) is 0 Å². The van der Waals surface area contributed by atoms with Crippen LogP contribution in [-0.2, 0) is 0 Å². The Bertz CT molecular complexity index is 555. The van der Waals surface area contributed by atoms with Crippen molar-refractivity contribution in [3.63, 3.8) is 0 Å². The molecule has 0 saturated heterocycles. The molecule has 0 amide bonds. The van der Waals surface area contributed by atoms with Gasteiger partial charge in [0.25, 0.3) is 10.3 Å². The average molecular weight is 407 g/mol. The number of para-hydroxylation sites is 1. The fourth-order valence-corrected chi connectivity index (χ4v) is 1.91. The number of methoxy groups -OCH3 is 1. The third-order valence-corrected chi connectivity index (χ3v) is 2.70. The van der Waals surface area contributed by atoms with Crippen LogP contribution in [0.25, 0.3) is 0 Å². The molecule has 1 atom stereocenters. The first-order valence-electron chi connectivity index (χ1n) is 7.24. The van der Waals surface area contributed by atoms with Gasteiger partial charge in [-0.3, -0.25) is 0 Å². The first kappa shape index (κ1) is 25.7. The maximum Gasteiger partial charge on any atom is 0.254 e. The van der Waals surface area contributed by atoms with Crippen LogP contribution in [0.2, 0.25) is 0 Å². The summed E-state index contributed by atoms with van der Waals surface area (Å²) in [6.07, 6.45) is 0. The molecule has 142 valence electrons. The number of aliphatic hydroxyl groups is 2. The predicted molar refractivity (Wildman–Crippen MR) is 114 cm³/mol. The zero-order valence-electron chi connectivity index (χ0n) is 15.2. The number of hydrogen-bond donors (Lipinski definition) is 4. The van der Waals surface area contributed by atoms with E-state index in [0.717, 1.165) is 11.3 Å². The molecule has 5 nitrogen and oxygen atoms in total. The van der Waals surface area contributed by atoms with Crippen molar-refractivity contribution in [2.75, 3.05) is 7.11 Å². The molecule has 8 heteroatoms. The van der Waals surface area contributed by atoms with E-state index < -0.39 is 5.17 Å². The van der Waals surface area contributed by atoms with Crippen LogP contribution >= 0.6 is 36.0 Å². The molecule has 0 fully saturated rings. The minimum Gasteiger partial charge on any atom is -0.496 e. The van der Waals surface area contributed by atoms with E-state index >= 15 is 0 Å². The Morgan fingerprint density at radius 3 is 2.00 bits per heavy atom. The first-order chi connectivity index (χ1) is 11.3. The van der Waals surface area contributed by atoms with Crippen molar-refractivity contribution < 1.29 is 14.9 Å². The van der Waals surface area contributed by atoms with Crippen molar-refractivity contribution in [2.45, 2.75) is 33.7 Å². The van der Waals surface area contributed by atoms with Gasteiger partial charge in [-0.25, -0.2) is 0 Å². The zero-order chi connectivity index (χ0) is 20.2. The highest BCUT2D eigenvalue weighted by atomic mass is 35.5. The van der Waals surface area contributed by atoms with Crippen molar-refractivity contribution in [3.8, 4) is 5.75 Å². The maximum absolute atomic E-state index is 9.29. The van der Waals surface area contributed by atoms with Crippen molar-refractivity contribution in [1.29, 1.82) is 0 Å². The Hall–Kier alpha value is -1.57. The summed E-state index contributed by atoms with van der Waals surface area (Å²) in [5.74, 6) is 0.788. The lowest BCUT2D eigenvalue weighted by atomic mass is 9.82. The summed E-state index contributed by atoms with van der Waals surface area (Å²) in [7, 11) is 1.63. The molecule has 0 bridgehead atoms. The summed E-state index contributed by atoms with van der Waals surface area (Å²) in [5.41, 5.74) is 5.29. The molecular formula is C17H27ClN2O3S2. The van der Waals surface area contributed by atoms with Gasteiger partial charge in [-0.15, -0.1) is 0 Å². The predicted octanol–water partition coefficient (Wildman–Crippen LogP) is 4.76. The van der Waals surface area contributed by atoms with Gasteiger partial charge in [-0.2, -0.15) is 0 Å². The first-order valence-corrected chi connectivity index (χ1v) is 8.44. The monoisotopic (exact) mass is 406 g/mol. The number of hydrogen-bond acceptors (Lipinski definition) is 3. The second kappa shape index (κ2) is 12.7. The average Bonchev–Trinajstić information content (AvgIpc) is 2.42. The van der Waals surface area contributed by atoms with Gasteiger partial charge in [0, 0.05) is 10.6 Å². The number of nitrogens with two attached hydrogens (primary N) is 1. The van der Waals surface area contributed by atoms with Crippen molar-refractivity contribution in [1.82, 2.24) is 5.32 Å². The van der Waals surface area contributed by atoms with Gasteiger partial charge in [0.1, 0.15) is 5.75 Å². The molecule has 0 spiro atoms. The lowest BCUT2D eigenvalue weighted by Crippen LogP contribution is -2.35. The van der Waals surface area contributed by atoms with Crippen molar-refractivity contribution in [3.05, 3.63) is 41.4 Å². The van der Waals surface area contributed by atoms with Crippen LogP contribution in [0.5, 0.6) is 5.75 Å². The number of thiocarbonyl (C=S) groups is 2. The molecule has 0 heterocycles. The van der Waals surface area contributed by atoms with Gasteiger partial charge in [0.15, 0.2) is 0 Å². The number of allylic oxidation sites excluding steroid dienone is 1. The minimum atomic E-state index is -0.500. The van der Waals surface area contributed by atoms with E-state index in [1.165, 1.54) is 0 Å². The molecule has 25 heavy (non-hydrogen) atoms. The number of aliphatic hydroxyl groups excluding tert-OH is 2. The number of nitrogens with one attached hydrogen (secondary N) is 1. The minimum absolute atomic E-state index is 0.0958. The quantitative estimate of drug-likeness (QED) is 0.538. The molecule has 0 aliphatic rings. The van der Waals surface area contributed by atoms with Gasteiger partial charge >= 0.3 is 0 Å². The molecule has 0 aliphatic heterocycles. The van der Waals surface area contributed by atoms with E-state index in [0.29, 0.717) is 5.03 Å². The standard InChI is InChI=1S/C13H19NO2S.C3H5Cl.CH3NOS/c1-13(2,3)11(14-12(15)17)9-7-5-6-8-10(9)16-4;1-3(2)4;2-1(3)4/h5-8,11H,1-4H3,(H2,14,15,17);1H2,2H3;(H3,2,3,4). The van der Waals surface area contributed by atoms with Crippen LogP contribution < -0.4 is 15.8 Å². The van der Waals surface area contributed by atoms with E-state index in [2.05, 4.69) is 50.6 Å². The Morgan fingerprint density at radius 2 is 1.68 bits per heavy atom. The highest BCUT2D eigenvalue weighted by Gasteiger charge is 2.29. The zero-order valence-corrected chi connectivity index (χ0v) is 17.6. The molecule has 1 aromatic rings. The molecule has 5 N–H and O–H groups in total. The Kier molecular flexibility index (Phi) is 13.1. The van der Waals surface area contributed by atoms with E-state index in [-0.39, 0.29) is 16.6 Å². The maximum atomic E-state index is 9.29. The van der Waals surface area contributed by atoms with Crippen molar-refractivity contribution >= 4 is 46.4 Å². The van der Waals surface area contributed by atoms with E-state index in [1.54, 1.807) is 14.0 Å².